The minimum Gasteiger partial charge on any atom is -0.315 e. The predicted octanol–water partition coefficient (Wildman–Crippen LogP) is 1.90. The standard InChI is InChI=1S/C13H22N2O/c1-10-5-3-8-12(14-2)13(16)15(10)9-11-6-4-7-11/h11-12,14H,1,3-9H2,2H3. The summed E-state index contributed by atoms with van der Waals surface area (Å²) in [6.07, 6.45) is 6.86. The topological polar surface area (TPSA) is 32.3 Å². The number of carbonyl (C=O) groups excluding carboxylic acids is 1. The molecule has 0 spiro atoms. The van der Waals surface area contributed by atoms with Crippen molar-refractivity contribution in [2.24, 2.45) is 5.92 Å². The van der Waals surface area contributed by atoms with Crippen LogP contribution in [0.25, 0.3) is 0 Å². The average molecular weight is 222 g/mol. The molecular formula is C13H22N2O. The van der Waals surface area contributed by atoms with E-state index in [1.54, 1.807) is 0 Å². The number of nitrogens with one attached hydrogen (secondary N) is 1. The van der Waals surface area contributed by atoms with E-state index in [-0.39, 0.29) is 11.9 Å². The molecule has 0 aromatic heterocycles. The van der Waals surface area contributed by atoms with Gasteiger partial charge in [-0.3, -0.25) is 4.79 Å². The SMILES string of the molecule is C=C1CCCC(NC)C(=O)N1CC1CCC1. The van der Waals surface area contributed by atoms with Gasteiger partial charge < -0.3 is 10.2 Å². The summed E-state index contributed by atoms with van der Waals surface area (Å²) in [6.45, 7) is 4.96. The summed E-state index contributed by atoms with van der Waals surface area (Å²) in [5.41, 5.74) is 1.02. The zero-order valence-corrected chi connectivity index (χ0v) is 10.2. The summed E-state index contributed by atoms with van der Waals surface area (Å²) >= 11 is 0. The minimum atomic E-state index is -0.000624. The van der Waals surface area contributed by atoms with Crippen LogP contribution in [0.3, 0.4) is 0 Å². The fourth-order valence-corrected chi connectivity index (χ4v) is 2.53. The minimum absolute atomic E-state index is 0.000624. The molecular weight excluding hydrogens is 200 g/mol. The Morgan fingerprint density at radius 1 is 1.38 bits per heavy atom. The Bertz CT molecular complexity index is 284. The van der Waals surface area contributed by atoms with Gasteiger partial charge in [-0.25, -0.2) is 0 Å². The molecule has 1 N–H and O–H groups in total. The van der Waals surface area contributed by atoms with Crippen molar-refractivity contribution in [2.75, 3.05) is 13.6 Å². The molecule has 1 atom stereocenters. The Labute approximate surface area is 97.9 Å². The van der Waals surface area contributed by atoms with E-state index in [9.17, 15) is 4.79 Å². The maximum Gasteiger partial charge on any atom is 0.243 e. The number of hydrogen-bond acceptors (Lipinski definition) is 2. The van der Waals surface area contributed by atoms with Crippen molar-refractivity contribution in [3.05, 3.63) is 12.3 Å². The monoisotopic (exact) mass is 222 g/mol. The van der Waals surface area contributed by atoms with E-state index in [1.165, 1.54) is 19.3 Å². The highest BCUT2D eigenvalue weighted by atomic mass is 16.2. The molecule has 0 aromatic rings. The van der Waals surface area contributed by atoms with E-state index in [4.69, 9.17) is 0 Å². The first-order valence-electron chi connectivity index (χ1n) is 6.39. The molecule has 1 aliphatic heterocycles. The van der Waals surface area contributed by atoms with Gasteiger partial charge in [-0.1, -0.05) is 13.0 Å². The second-order valence-corrected chi connectivity index (χ2v) is 5.05. The largest absolute Gasteiger partial charge is 0.315 e. The van der Waals surface area contributed by atoms with Gasteiger partial charge in [0.25, 0.3) is 0 Å². The maximum atomic E-state index is 12.3. The van der Waals surface area contributed by atoms with Gasteiger partial charge in [0, 0.05) is 12.2 Å². The van der Waals surface area contributed by atoms with E-state index in [0.29, 0.717) is 0 Å². The summed E-state index contributed by atoms with van der Waals surface area (Å²) < 4.78 is 0. The fraction of sp³-hybridized carbons (Fsp3) is 0.769. The summed E-state index contributed by atoms with van der Waals surface area (Å²) in [6, 6.07) is -0.000624. The predicted molar refractivity (Wildman–Crippen MR) is 64.9 cm³/mol. The molecule has 1 unspecified atom stereocenters. The lowest BCUT2D eigenvalue weighted by molar-refractivity contribution is -0.132. The van der Waals surface area contributed by atoms with Gasteiger partial charge in [0.05, 0.1) is 6.04 Å². The van der Waals surface area contributed by atoms with Crippen molar-refractivity contribution in [1.82, 2.24) is 10.2 Å². The van der Waals surface area contributed by atoms with Crippen LogP contribution in [0.15, 0.2) is 12.3 Å². The number of nitrogens with zero attached hydrogens (tertiary/aromatic N) is 1. The quantitative estimate of drug-likeness (QED) is 0.791. The Balaban J connectivity index is 2.03. The van der Waals surface area contributed by atoms with E-state index in [2.05, 4.69) is 11.9 Å². The van der Waals surface area contributed by atoms with Crippen molar-refractivity contribution in [3.8, 4) is 0 Å². The zero-order valence-electron chi connectivity index (χ0n) is 10.2. The van der Waals surface area contributed by atoms with Gasteiger partial charge in [-0.05, 0) is 45.1 Å². The lowest BCUT2D eigenvalue weighted by Crippen LogP contribution is -2.45. The van der Waals surface area contributed by atoms with Crippen LogP contribution in [0.5, 0.6) is 0 Å². The highest BCUT2D eigenvalue weighted by Crippen LogP contribution is 2.30. The first kappa shape index (κ1) is 11.6. The molecule has 1 amide bonds. The van der Waals surface area contributed by atoms with E-state index in [0.717, 1.165) is 37.4 Å². The van der Waals surface area contributed by atoms with E-state index >= 15 is 0 Å². The van der Waals surface area contributed by atoms with E-state index < -0.39 is 0 Å². The number of amides is 1. The van der Waals surface area contributed by atoms with Crippen LogP contribution in [-0.4, -0.2) is 30.4 Å². The molecule has 3 heteroatoms. The highest BCUT2D eigenvalue weighted by molar-refractivity contribution is 5.83. The molecule has 0 radical (unpaired) electrons. The number of allylic oxidation sites excluding steroid dienone is 1. The third kappa shape index (κ3) is 2.29. The molecule has 2 aliphatic rings. The molecule has 1 heterocycles. The normalized spacial score (nSPS) is 27.8. The Morgan fingerprint density at radius 3 is 2.69 bits per heavy atom. The Kier molecular flexibility index (Phi) is 3.64. The van der Waals surface area contributed by atoms with Gasteiger partial charge in [0.15, 0.2) is 0 Å². The summed E-state index contributed by atoms with van der Waals surface area (Å²) in [5, 5.41) is 3.12. The van der Waals surface area contributed by atoms with E-state index in [1.807, 2.05) is 11.9 Å². The average Bonchev–Trinajstić information content (AvgIpc) is 2.33. The molecule has 2 fully saturated rings. The Hall–Kier alpha value is -0.830. The smallest absolute Gasteiger partial charge is 0.243 e. The first-order chi connectivity index (χ1) is 7.72. The van der Waals surface area contributed by atoms with Gasteiger partial charge in [-0.15, -0.1) is 0 Å². The van der Waals surface area contributed by atoms with Crippen LogP contribution in [-0.2, 0) is 4.79 Å². The number of hydrogen-bond donors (Lipinski definition) is 1. The summed E-state index contributed by atoms with van der Waals surface area (Å²) in [5.74, 6) is 0.952. The third-order valence-electron chi connectivity index (χ3n) is 3.92. The van der Waals surface area contributed by atoms with Crippen LogP contribution >= 0.6 is 0 Å². The zero-order chi connectivity index (χ0) is 11.5. The molecule has 90 valence electrons. The first-order valence-corrected chi connectivity index (χ1v) is 6.39. The van der Waals surface area contributed by atoms with Gasteiger partial charge in [0.1, 0.15) is 0 Å². The number of rotatable bonds is 3. The number of likely N-dealkylation sites (tertiary alicyclic amines) is 1. The molecule has 16 heavy (non-hydrogen) atoms. The molecule has 1 aliphatic carbocycles. The molecule has 0 bridgehead atoms. The summed E-state index contributed by atoms with van der Waals surface area (Å²) in [4.78, 5) is 14.2. The maximum absolute atomic E-state index is 12.3. The van der Waals surface area contributed by atoms with Crippen molar-refractivity contribution >= 4 is 5.91 Å². The van der Waals surface area contributed by atoms with Crippen molar-refractivity contribution in [1.29, 1.82) is 0 Å². The van der Waals surface area contributed by atoms with Gasteiger partial charge in [0.2, 0.25) is 5.91 Å². The van der Waals surface area contributed by atoms with Crippen LogP contribution in [0.2, 0.25) is 0 Å². The van der Waals surface area contributed by atoms with Gasteiger partial charge in [-0.2, -0.15) is 0 Å². The van der Waals surface area contributed by atoms with Crippen LogP contribution in [0.4, 0.5) is 0 Å². The lowest BCUT2D eigenvalue weighted by Gasteiger charge is -2.33. The Morgan fingerprint density at radius 2 is 2.12 bits per heavy atom. The molecule has 1 saturated carbocycles. The second kappa shape index (κ2) is 5.00. The van der Waals surface area contributed by atoms with Gasteiger partial charge >= 0.3 is 0 Å². The number of carbonyl (C=O) groups is 1. The highest BCUT2D eigenvalue weighted by Gasteiger charge is 2.30. The summed E-state index contributed by atoms with van der Waals surface area (Å²) in [7, 11) is 1.87. The molecule has 0 aromatic carbocycles. The van der Waals surface area contributed by atoms with Crippen molar-refractivity contribution in [3.63, 3.8) is 0 Å². The third-order valence-corrected chi connectivity index (χ3v) is 3.92. The molecule has 2 rings (SSSR count). The fourth-order valence-electron chi connectivity index (χ4n) is 2.53. The van der Waals surface area contributed by atoms with Crippen molar-refractivity contribution < 1.29 is 4.79 Å². The molecule has 1 saturated heterocycles. The van der Waals surface area contributed by atoms with Crippen LogP contribution in [0.1, 0.15) is 38.5 Å². The van der Waals surface area contributed by atoms with Crippen LogP contribution in [0, 0.1) is 5.92 Å². The van der Waals surface area contributed by atoms with Crippen LogP contribution < -0.4 is 5.32 Å². The second-order valence-electron chi connectivity index (χ2n) is 5.05. The van der Waals surface area contributed by atoms with Crippen molar-refractivity contribution in [2.45, 2.75) is 44.6 Å². The molecule has 3 nitrogen and oxygen atoms in total. The number of likely N-dealkylation sites (N-methyl/N-ethyl adjacent to an activating group) is 1. The lowest BCUT2D eigenvalue weighted by atomic mass is 9.85.